The standard InChI is InChI=1S/C11H12N2O2.C11H9NO3.2CH4.H3N.H2O2.O2.H2O/c12-9(11(14)15)5-7-6-13-10-4-2-1-3-8(7)10;13-10(11(14)15)5-7-6-12-9-4-2-1-3-8(7)9;;;;2*1-2;/h1-4,6,9,13H,5,12H2,(H,14,15);1-4,6,12H,5H2,(H,14,15);2*1H4;1H3;1-2H;;1H2. The third-order valence-corrected chi connectivity index (χ3v) is 4.70. The molecule has 2 heterocycles. The lowest BCUT2D eigenvalue weighted by atomic mass is 10.1. The van der Waals surface area contributed by atoms with E-state index in [1.54, 1.807) is 6.20 Å². The van der Waals surface area contributed by atoms with E-state index in [9.17, 15) is 14.4 Å². The van der Waals surface area contributed by atoms with E-state index in [0.29, 0.717) is 6.42 Å². The molecule has 0 aliphatic carbocycles. The second kappa shape index (κ2) is 20.7. The Morgan fingerprint density at radius 1 is 0.789 bits per heavy atom. The lowest BCUT2D eigenvalue weighted by Gasteiger charge is -2.04. The number of para-hydroxylation sites is 2. The van der Waals surface area contributed by atoms with Gasteiger partial charge in [-0.05, 0) is 23.3 Å². The fourth-order valence-corrected chi connectivity index (χ4v) is 3.15. The molecule has 0 radical (unpaired) electrons. The topological polar surface area (TPSA) is 290 Å². The molecule has 0 amide bonds. The van der Waals surface area contributed by atoms with Crippen LogP contribution in [0.3, 0.4) is 0 Å². The molecule has 14 heteroatoms. The molecule has 0 saturated heterocycles. The van der Waals surface area contributed by atoms with Crippen LogP contribution in [0.4, 0.5) is 0 Å². The van der Waals surface area contributed by atoms with Crippen molar-refractivity contribution in [2.45, 2.75) is 33.7 Å². The SMILES string of the molecule is C.C.N.NC(Cc1c[nH]c2ccccc12)C(=O)O.O.O=C(O)C(=O)Cc1c[nH]c2ccccc12.O=O.OO. The number of aromatic amines is 2. The molecule has 13 N–H and O–H groups in total. The smallest absolute Gasteiger partial charge is 0.372 e. The second-order valence-electron chi connectivity index (χ2n) is 6.77. The van der Waals surface area contributed by atoms with Crippen LogP contribution >= 0.6 is 0 Å². The summed E-state index contributed by atoms with van der Waals surface area (Å²) in [5, 5.41) is 31.1. The van der Waals surface area contributed by atoms with Crippen molar-refractivity contribution in [1.29, 1.82) is 0 Å². The lowest BCUT2D eigenvalue weighted by Crippen LogP contribution is -2.32. The first-order valence-corrected chi connectivity index (χ1v) is 9.58. The number of aliphatic carboxylic acids is 2. The minimum absolute atomic E-state index is 0. The van der Waals surface area contributed by atoms with Crippen molar-refractivity contribution in [1.82, 2.24) is 16.1 Å². The predicted molar refractivity (Wildman–Crippen MR) is 146 cm³/mol. The van der Waals surface area contributed by atoms with E-state index >= 15 is 0 Å². The summed E-state index contributed by atoms with van der Waals surface area (Å²) < 4.78 is 0. The van der Waals surface area contributed by atoms with Gasteiger partial charge >= 0.3 is 11.9 Å². The van der Waals surface area contributed by atoms with E-state index < -0.39 is 23.8 Å². The highest BCUT2D eigenvalue weighted by molar-refractivity contribution is 6.33. The maximum absolute atomic E-state index is 11.0. The van der Waals surface area contributed by atoms with Gasteiger partial charge in [0.1, 0.15) is 6.04 Å². The van der Waals surface area contributed by atoms with Gasteiger partial charge in [-0.1, -0.05) is 51.3 Å². The van der Waals surface area contributed by atoms with E-state index in [2.05, 4.69) is 9.97 Å². The van der Waals surface area contributed by atoms with Gasteiger partial charge in [0, 0.05) is 57.0 Å². The minimum atomic E-state index is -1.39. The average Bonchev–Trinajstić information content (AvgIpc) is 3.46. The molecular weight excluding hydrogens is 504 g/mol. The molecule has 0 saturated carbocycles. The lowest BCUT2D eigenvalue weighted by molar-refractivity contribution is -0.176. The van der Waals surface area contributed by atoms with Crippen molar-refractivity contribution < 1.29 is 40.6 Å². The molecule has 0 fully saturated rings. The van der Waals surface area contributed by atoms with Crippen LogP contribution < -0.4 is 11.9 Å². The fraction of sp³-hybridized carbons (Fsp3) is 0.208. The van der Waals surface area contributed by atoms with E-state index in [1.807, 2.05) is 54.7 Å². The summed E-state index contributed by atoms with van der Waals surface area (Å²) in [6.07, 6.45) is 3.76. The number of nitrogens with one attached hydrogen (secondary N) is 2. The number of benzene rings is 2. The predicted octanol–water partition coefficient (Wildman–Crippen LogP) is 3.18. The molecule has 1 atom stereocenters. The number of carbonyl (C=O) groups excluding carboxylic acids is 1. The molecule has 4 rings (SSSR count). The number of carboxylic acid groups (broad SMARTS) is 2. The molecule has 2 aromatic heterocycles. The van der Waals surface area contributed by atoms with Crippen molar-refractivity contribution in [3.63, 3.8) is 0 Å². The van der Waals surface area contributed by atoms with E-state index in [4.69, 9.17) is 36.4 Å². The van der Waals surface area contributed by atoms with Gasteiger partial charge < -0.3 is 37.5 Å². The third-order valence-electron chi connectivity index (χ3n) is 4.70. The zero-order valence-corrected chi connectivity index (χ0v) is 18.9. The van der Waals surface area contributed by atoms with Crippen LogP contribution in [0.1, 0.15) is 26.0 Å². The average molecular weight is 541 g/mol. The van der Waals surface area contributed by atoms with Gasteiger partial charge in [0.15, 0.2) is 0 Å². The first-order chi connectivity index (χ1) is 16.4. The number of hydrogen-bond donors (Lipinski definition) is 8. The minimum Gasteiger partial charge on any atom is -0.480 e. The molecule has 0 bridgehead atoms. The molecule has 0 spiro atoms. The number of hydrogen-bond acceptors (Lipinski definition) is 9. The molecular formula is C24H36N4O10. The highest BCUT2D eigenvalue weighted by Crippen LogP contribution is 2.19. The second-order valence-corrected chi connectivity index (χ2v) is 6.77. The van der Waals surface area contributed by atoms with Crippen LogP contribution in [0, 0.1) is 9.93 Å². The van der Waals surface area contributed by atoms with Crippen molar-refractivity contribution in [2.24, 2.45) is 5.73 Å². The summed E-state index contributed by atoms with van der Waals surface area (Å²) in [7, 11) is 0. The number of aromatic nitrogens is 2. The first-order valence-electron chi connectivity index (χ1n) is 9.58. The molecule has 0 aliphatic heterocycles. The van der Waals surface area contributed by atoms with Crippen LogP contribution in [-0.4, -0.2) is 59.9 Å². The number of nitrogens with two attached hydrogens (primary N) is 1. The van der Waals surface area contributed by atoms with Crippen LogP contribution in [-0.2, 0) is 27.2 Å². The van der Waals surface area contributed by atoms with Crippen molar-refractivity contribution in [3.05, 3.63) is 82.0 Å². The summed E-state index contributed by atoms with van der Waals surface area (Å²) in [5.41, 5.74) is 9.06. The number of rotatable bonds is 6. The van der Waals surface area contributed by atoms with Crippen LogP contribution in [0.25, 0.3) is 21.8 Å². The summed E-state index contributed by atoms with van der Waals surface area (Å²) in [6.45, 7) is 0. The van der Waals surface area contributed by atoms with Gasteiger partial charge in [-0.2, -0.15) is 0 Å². The Morgan fingerprint density at radius 3 is 1.61 bits per heavy atom. The number of Topliss-reactive ketones (excluding diaryl/α,β-unsaturated/α-hetero) is 1. The Balaban J connectivity index is -0.000000246. The van der Waals surface area contributed by atoms with E-state index in [0.717, 1.165) is 32.9 Å². The van der Waals surface area contributed by atoms with E-state index in [1.165, 1.54) is 0 Å². The van der Waals surface area contributed by atoms with E-state index in [-0.39, 0.29) is 32.9 Å². The van der Waals surface area contributed by atoms with Gasteiger partial charge in [-0.3, -0.25) is 20.1 Å². The summed E-state index contributed by atoms with van der Waals surface area (Å²) >= 11 is 0. The zero-order valence-electron chi connectivity index (χ0n) is 18.9. The Hall–Kier alpha value is -4.47. The highest BCUT2D eigenvalue weighted by atomic mass is 17.0. The van der Waals surface area contributed by atoms with Gasteiger partial charge in [0.2, 0.25) is 5.78 Å². The summed E-state index contributed by atoms with van der Waals surface area (Å²) in [5.74, 6) is -3.15. The number of carbonyl (C=O) groups is 3. The van der Waals surface area contributed by atoms with Gasteiger partial charge in [0.05, 0.1) is 0 Å². The Morgan fingerprint density at radius 2 is 1.18 bits per heavy atom. The third kappa shape index (κ3) is 11.1. The maximum atomic E-state index is 11.0. The summed E-state index contributed by atoms with van der Waals surface area (Å²) in [6, 6.07) is 14.4. The maximum Gasteiger partial charge on any atom is 0.372 e. The molecule has 1 unspecified atom stereocenters. The van der Waals surface area contributed by atoms with Crippen molar-refractivity contribution in [3.8, 4) is 0 Å². The van der Waals surface area contributed by atoms with Crippen molar-refractivity contribution in [2.75, 3.05) is 0 Å². The monoisotopic (exact) mass is 540 g/mol. The van der Waals surface area contributed by atoms with Gasteiger partial charge in [-0.15, -0.1) is 0 Å². The number of ketones is 1. The molecule has 14 nitrogen and oxygen atoms in total. The molecule has 0 aliphatic rings. The Bertz CT molecular complexity index is 1240. The molecule has 212 valence electrons. The van der Waals surface area contributed by atoms with Crippen LogP contribution in [0.5, 0.6) is 0 Å². The van der Waals surface area contributed by atoms with Gasteiger partial charge in [0.25, 0.3) is 0 Å². The first kappa shape index (κ1) is 40.7. The Labute approximate surface area is 218 Å². The highest BCUT2D eigenvalue weighted by Gasteiger charge is 2.15. The molecule has 2 aromatic carbocycles. The number of fused-ring (bicyclic) bond motifs is 2. The molecule has 4 aromatic rings. The van der Waals surface area contributed by atoms with Gasteiger partial charge in [-0.25, -0.2) is 4.79 Å². The zero-order chi connectivity index (χ0) is 25.7. The van der Waals surface area contributed by atoms with Crippen LogP contribution in [0.2, 0.25) is 0 Å². The normalized spacial score (nSPS) is 9.45. The van der Waals surface area contributed by atoms with Crippen molar-refractivity contribution >= 4 is 39.5 Å². The number of carboxylic acids is 2. The van der Waals surface area contributed by atoms with Crippen LogP contribution in [0.15, 0.2) is 60.9 Å². The summed E-state index contributed by atoms with van der Waals surface area (Å²) in [4.78, 5) is 52.1. The quantitative estimate of drug-likeness (QED) is 0.0997. The molecule has 38 heavy (non-hydrogen) atoms. The largest absolute Gasteiger partial charge is 0.480 e. The fourth-order valence-electron chi connectivity index (χ4n) is 3.15. The number of H-pyrrole nitrogens is 2. The Kier molecular flexibility index (Phi) is 22.2.